The third-order valence-electron chi connectivity index (χ3n) is 6.77. The molecule has 0 bridgehead atoms. The molecule has 2 saturated heterocycles. The first kappa shape index (κ1) is 16.0. The maximum Gasteiger partial charge on any atom is 0.234 e. The fourth-order valence-electron chi connectivity index (χ4n) is 5.62. The van der Waals surface area contributed by atoms with E-state index in [2.05, 4.69) is 33.1 Å². The smallest absolute Gasteiger partial charge is 0.234 e. The molecule has 0 saturated carbocycles. The van der Waals surface area contributed by atoms with Crippen LogP contribution in [-0.2, 0) is 16.0 Å². The summed E-state index contributed by atoms with van der Waals surface area (Å²) in [6, 6.07) is 13.8. The minimum Gasteiger partial charge on any atom is -0.357 e. The van der Waals surface area contributed by atoms with Gasteiger partial charge in [0.1, 0.15) is 0 Å². The van der Waals surface area contributed by atoms with Gasteiger partial charge in [-0.25, -0.2) is 0 Å². The second-order valence-electron chi connectivity index (χ2n) is 7.98. The number of carbonyl (C=O) groups excluding carboxylic acids is 2. The molecule has 3 aliphatic heterocycles. The molecule has 2 amide bonds. The number of rotatable bonds is 1. The molecule has 1 N–H and O–H groups in total. The fraction of sp³-hybridized carbons (Fsp3) is 0.318. The number of carbonyl (C=O) groups is 2. The summed E-state index contributed by atoms with van der Waals surface area (Å²) >= 11 is 0. The number of fused-ring (bicyclic) bond motifs is 7. The summed E-state index contributed by atoms with van der Waals surface area (Å²) in [7, 11) is 1.61. The lowest BCUT2D eigenvalue weighted by Crippen LogP contribution is -2.40. The maximum atomic E-state index is 13.1. The molecule has 4 atom stereocenters. The molecule has 6 rings (SSSR count). The lowest BCUT2D eigenvalue weighted by molar-refractivity contribution is -0.140. The third kappa shape index (κ3) is 1.88. The van der Waals surface area contributed by atoms with Crippen LogP contribution < -0.4 is 0 Å². The monoisotopic (exact) mass is 372 g/mol. The van der Waals surface area contributed by atoms with E-state index in [1.807, 2.05) is 24.3 Å². The summed E-state index contributed by atoms with van der Waals surface area (Å²) < 4.78 is 0. The van der Waals surface area contributed by atoms with Crippen LogP contribution in [0.1, 0.15) is 29.0 Å². The number of hydrogen-bond donors (Lipinski definition) is 1. The number of benzene rings is 1. The van der Waals surface area contributed by atoms with Crippen molar-refractivity contribution in [1.29, 1.82) is 0 Å². The van der Waals surface area contributed by atoms with Gasteiger partial charge in [0.15, 0.2) is 0 Å². The number of likely N-dealkylation sites (tertiary alicyclic amines) is 1. The molecule has 1 aromatic carbocycles. The van der Waals surface area contributed by atoms with E-state index in [1.54, 1.807) is 13.2 Å². The zero-order valence-corrected chi connectivity index (χ0v) is 15.5. The Bertz CT molecular complexity index is 1120. The minimum absolute atomic E-state index is 0.0741. The number of para-hydroxylation sites is 1. The lowest BCUT2D eigenvalue weighted by atomic mass is 9.85. The Labute approximate surface area is 162 Å². The zero-order valence-electron chi connectivity index (χ0n) is 15.5. The van der Waals surface area contributed by atoms with Gasteiger partial charge in [-0.2, -0.15) is 0 Å². The Kier molecular flexibility index (Phi) is 3.15. The maximum absolute atomic E-state index is 13.1. The molecule has 5 heterocycles. The van der Waals surface area contributed by atoms with Crippen molar-refractivity contribution in [2.75, 3.05) is 13.6 Å². The van der Waals surface area contributed by atoms with Crippen molar-refractivity contribution in [1.82, 2.24) is 19.8 Å². The van der Waals surface area contributed by atoms with Gasteiger partial charge in [0.05, 0.1) is 29.6 Å². The molecule has 3 aliphatic rings. The second-order valence-corrected chi connectivity index (χ2v) is 7.98. The first-order chi connectivity index (χ1) is 13.7. The molecule has 0 unspecified atom stereocenters. The number of imide groups is 1. The number of nitrogens with one attached hydrogen (secondary N) is 1. The average molecular weight is 372 g/mol. The van der Waals surface area contributed by atoms with Crippen molar-refractivity contribution in [3.63, 3.8) is 0 Å². The van der Waals surface area contributed by atoms with Crippen molar-refractivity contribution in [3.05, 3.63) is 65.6 Å². The van der Waals surface area contributed by atoms with Crippen molar-refractivity contribution in [2.45, 2.75) is 18.5 Å². The highest BCUT2D eigenvalue weighted by Crippen LogP contribution is 2.57. The number of pyridine rings is 1. The van der Waals surface area contributed by atoms with E-state index in [-0.39, 0.29) is 35.7 Å². The van der Waals surface area contributed by atoms with Gasteiger partial charge in [-0.15, -0.1) is 0 Å². The normalized spacial score (nSPS) is 29.2. The van der Waals surface area contributed by atoms with Crippen molar-refractivity contribution in [2.24, 2.45) is 11.8 Å². The number of amides is 2. The quantitative estimate of drug-likeness (QED) is 0.666. The summed E-state index contributed by atoms with van der Waals surface area (Å²) in [5.74, 6) is -0.904. The Morgan fingerprint density at radius 1 is 1.00 bits per heavy atom. The second kappa shape index (κ2) is 5.52. The van der Waals surface area contributed by atoms with Crippen LogP contribution in [0.3, 0.4) is 0 Å². The molecule has 0 aliphatic carbocycles. The van der Waals surface area contributed by atoms with Crippen LogP contribution in [-0.4, -0.2) is 45.2 Å². The molecule has 0 spiro atoms. The minimum atomic E-state index is -0.380. The van der Waals surface area contributed by atoms with Crippen LogP contribution >= 0.6 is 0 Å². The van der Waals surface area contributed by atoms with Gasteiger partial charge in [-0.3, -0.25) is 24.4 Å². The SMILES string of the molecule is CN1C(=O)[C@@H]2[C@H](C1=O)[C@H](c1ccccn1)N1CCc3c([nH]c4ccccc34)[C@@H]21. The first-order valence-electron chi connectivity index (χ1n) is 9.74. The van der Waals surface area contributed by atoms with Crippen LogP contribution in [0.25, 0.3) is 10.9 Å². The van der Waals surface area contributed by atoms with Gasteiger partial charge in [0.25, 0.3) is 0 Å². The summed E-state index contributed by atoms with van der Waals surface area (Å²) in [5.41, 5.74) is 4.35. The predicted molar refractivity (Wildman–Crippen MR) is 103 cm³/mol. The van der Waals surface area contributed by atoms with E-state index in [4.69, 9.17) is 0 Å². The van der Waals surface area contributed by atoms with E-state index in [0.29, 0.717) is 0 Å². The summed E-state index contributed by atoms with van der Waals surface area (Å²) in [6.45, 7) is 0.817. The molecule has 2 fully saturated rings. The van der Waals surface area contributed by atoms with Crippen molar-refractivity contribution in [3.8, 4) is 0 Å². The highest BCUT2D eigenvalue weighted by atomic mass is 16.2. The van der Waals surface area contributed by atoms with Crippen LogP contribution in [0.5, 0.6) is 0 Å². The summed E-state index contributed by atoms with van der Waals surface area (Å²) in [5, 5.41) is 1.22. The van der Waals surface area contributed by atoms with Gasteiger partial charge in [-0.05, 0) is 30.2 Å². The highest BCUT2D eigenvalue weighted by Gasteiger charge is 2.63. The number of nitrogens with zero attached hydrogens (tertiary/aromatic N) is 3. The molecular weight excluding hydrogens is 352 g/mol. The molecular formula is C22H20N4O2. The number of H-pyrrole nitrogens is 1. The molecule has 6 heteroatoms. The Hall–Kier alpha value is -2.99. The van der Waals surface area contributed by atoms with Crippen LogP contribution in [0.15, 0.2) is 48.7 Å². The van der Waals surface area contributed by atoms with Crippen molar-refractivity contribution < 1.29 is 9.59 Å². The van der Waals surface area contributed by atoms with E-state index >= 15 is 0 Å². The fourth-order valence-corrected chi connectivity index (χ4v) is 5.62. The van der Waals surface area contributed by atoms with Crippen LogP contribution in [0.4, 0.5) is 0 Å². The zero-order chi connectivity index (χ0) is 19.0. The molecule has 0 radical (unpaired) electrons. The molecule has 2 aromatic heterocycles. The molecule has 3 aromatic rings. The van der Waals surface area contributed by atoms with E-state index < -0.39 is 0 Å². The third-order valence-corrected chi connectivity index (χ3v) is 6.77. The van der Waals surface area contributed by atoms with Crippen LogP contribution in [0.2, 0.25) is 0 Å². The highest BCUT2D eigenvalue weighted by molar-refractivity contribution is 6.06. The van der Waals surface area contributed by atoms with E-state index in [1.165, 1.54) is 15.8 Å². The molecule has 6 nitrogen and oxygen atoms in total. The van der Waals surface area contributed by atoms with Gasteiger partial charge in [0, 0.05) is 36.4 Å². The Morgan fingerprint density at radius 3 is 2.54 bits per heavy atom. The number of aromatic nitrogens is 2. The predicted octanol–water partition coefficient (Wildman–Crippen LogP) is 2.45. The molecule has 140 valence electrons. The Morgan fingerprint density at radius 2 is 1.75 bits per heavy atom. The number of aromatic amines is 1. The van der Waals surface area contributed by atoms with Gasteiger partial charge >= 0.3 is 0 Å². The topological polar surface area (TPSA) is 69.3 Å². The lowest BCUT2D eigenvalue weighted by Gasteiger charge is -2.36. The summed E-state index contributed by atoms with van der Waals surface area (Å²) in [4.78, 5) is 37.9. The summed E-state index contributed by atoms with van der Waals surface area (Å²) in [6.07, 6.45) is 2.66. The van der Waals surface area contributed by atoms with Crippen LogP contribution in [0, 0.1) is 11.8 Å². The largest absolute Gasteiger partial charge is 0.357 e. The van der Waals surface area contributed by atoms with Crippen molar-refractivity contribution >= 4 is 22.7 Å². The van der Waals surface area contributed by atoms with Gasteiger partial charge in [0.2, 0.25) is 11.8 Å². The number of hydrogen-bond acceptors (Lipinski definition) is 4. The Balaban J connectivity index is 1.57. The van der Waals surface area contributed by atoms with E-state index in [9.17, 15) is 9.59 Å². The standard InChI is InChI=1S/C22H20N4O2/c1-25-21(27)16-17(22(25)28)20-18-13(12-6-2-3-7-14(12)24-18)9-11-26(20)19(16)15-8-4-5-10-23-15/h2-8,10,16-17,19-20,24H,9,11H2,1H3/t16-,17+,19-,20+/m0/s1. The first-order valence-corrected chi connectivity index (χ1v) is 9.74. The van der Waals surface area contributed by atoms with Gasteiger partial charge in [-0.1, -0.05) is 24.3 Å². The van der Waals surface area contributed by atoms with Gasteiger partial charge < -0.3 is 4.98 Å². The average Bonchev–Trinajstić information content (AvgIpc) is 3.34. The molecule has 28 heavy (non-hydrogen) atoms. The van der Waals surface area contributed by atoms with E-state index in [0.717, 1.165) is 29.9 Å².